The van der Waals surface area contributed by atoms with Gasteiger partial charge in [-0.1, -0.05) is 19.9 Å². The molecule has 1 aromatic carbocycles. The molecule has 1 aromatic rings. The highest BCUT2D eigenvalue weighted by atomic mass is 16.3. The number of nitrogens with zero attached hydrogens (tertiary/aromatic N) is 1. The van der Waals surface area contributed by atoms with Crippen LogP contribution in [0.25, 0.3) is 0 Å². The van der Waals surface area contributed by atoms with Gasteiger partial charge < -0.3 is 5.11 Å². The Bertz CT molecular complexity index is 389. The molecule has 2 atom stereocenters. The number of aryl methyl sites for hydroxylation is 1. The van der Waals surface area contributed by atoms with Gasteiger partial charge >= 0.3 is 0 Å². The molecule has 0 heterocycles. The van der Waals surface area contributed by atoms with Gasteiger partial charge in [-0.3, -0.25) is 4.90 Å². The van der Waals surface area contributed by atoms with E-state index in [0.29, 0.717) is 17.8 Å². The molecule has 1 aliphatic carbocycles. The summed E-state index contributed by atoms with van der Waals surface area (Å²) in [6.45, 7) is 7.90. The van der Waals surface area contributed by atoms with Gasteiger partial charge in [-0.2, -0.15) is 0 Å². The van der Waals surface area contributed by atoms with Crippen LogP contribution < -0.4 is 0 Å². The standard InChI is InChI=1S/C15H23NO/c1-4-11(3)16(5-2)15-9-6-12-10-13(17)7-8-14(12)15/h7-8,10-11,15,17H,4-6,9H2,1-3H3. The summed E-state index contributed by atoms with van der Waals surface area (Å²) < 4.78 is 0. The zero-order valence-corrected chi connectivity index (χ0v) is 11.1. The molecule has 2 unspecified atom stereocenters. The second-order valence-corrected chi connectivity index (χ2v) is 5.03. The maximum Gasteiger partial charge on any atom is 0.115 e. The van der Waals surface area contributed by atoms with Gasteiger partial charge in [0.05, 0.1) is 0 Å². The molecule has 2 heteroatoms. The van der Waals surface area contributed by atoms with E-state index in [4.69, 9.17) is 0 Å². The molecule has 0 amide bonds. The Balaban J connectivity index is 2.26. The van der Waals surface area contributed by atoms with Crippen molar-refractivity contribution >= 4 is 0 Å². The van der Waals surface area contributed by atoms with Crippen molar-refractivity contribution in [2.75, 3.05) is 6.54 Å². The Hall–Kier alpha value is -1.02. The molecule has 0 aromatic heterocycles. The lowest BCUT2D eigenvalue weighted by Crippen LogP contribution is -2.35. The Morgan fingerprint density at radius 3 is 2.82 bits per heavy atom. The second-order valence-electron chi connectivity index (χ2n) is 5.03. The lowest BCUT2D eigenvalue weighted by molar-refractivity contribution is 0.148. The highest BCUT2D eigenvalue weighted by Gasteiger charge is 2.29. The molecule has 0 spiro atoms. The monoisotopic (exact) mass is 233 g/mol. The first-order valence-corrected chi connectivity index (χ1v) is 6.74. The van der Waals surface area contributed by atoms with E-state index in [1.807, 2.05) is 12.1 Å². The normalized spacial score (nSPS) is 20.6. The summed E-state index contributed by atoms with van der Waals surface area (Å²) in [4.78, 5) is 2.59. The summed E-state index contributed by atoms with van der Waals surface area (Å²) in [5.74, 6) is 0.399. The summed E-state index contributed by atoms with van der Waals surface area (Å²) >= 11 is 0. The quantitative estimate of drug-likeness (QED) is 0.860. The van der Waals surface area contributed by atoms with Gasteiger partial charge in [0.15, 0.2) is 0 Å². The van der Waals surface area contributed by atoms with Crippen molar-refractivity contribution in [1.82, 2.24) is 4.90 Å². The van der Waals surface area contributed by atoms with E-state index in [-0.39, 0.29) is 0 Å². The molecule has 94 valence electrons. The second kappa shape index (κ2) is 5.09. The number of phenolic OH excluding ortho intramolecular Hbond substituents is 1. The molecule has 1 aliphatic rings. The molecule has 2 nitrogen and oxygen atoms in total. The minimum Gasteiger partial charge on any atom is -0.508 e. The van der Waals surface area contributed by atoms with E-state index in [1.165, 1.54) is 24.0 Å². The van der Waals surface area contributed by atoms with Gasteiger partial charge in [0.25, 0.3) is 0 Å². The molecule has 0 bridgehead atoms. The number of phenols is 1. The van der Waals surface area contributed by atoms with Crippen molar-refractivity contribution in [2.45, 2.75) is 52.1 Å². The third-order valence-corrected chi connectivity index (χ3v) is 4.10. The molecule has 17 heavy (non-hydrogen) atoms. The summed E-state index contributed by atoms with van der Waals surface area (Å²) in [5, 5.41) is 9.52. The third-order valence-electron chi connectivity index (χ3n) is 4.10. The highest BCUT2D eigenvalue weighted by molar-refractivity contribution is 5.40. The number of hydrogen-bond donors (Lipinski definition) is 1. The highest BCUT2D eigenvalue weighted by Crippen LogP contribution is 2.38. The van der Waals surface area contributed by atoms with Crippen LogP contribution in [-0.2, 0) is 6.42 Å². The van der Waals surface area contributed by atoms with E-state index < -0.39 is 0 Å². The van der Waals surface area contributed by atoms with Crippen molar-refractivity contribution < 1.29 is 5.11 Å². The van der Waals surface area contributed by atoms with Crippen molar-refractivity contribution in [3.63, 3.8) is 0 Å². The van der Waals surface area contributed by atoms with E-state index in [1.54, 1.807) is 0 Å². The molecule has 0 radical (unpaired) electrons. The fourth-order valence-electron chi connectivity index (χ4n) is 3.00. The predicted molar refractivity (Wildman–Crippen MR) is 71.3 cm³/mol. The topological polar surface area (TPSA) is 23.5 Å². The molecule has 0 fully saturated rings. The van der Waals surface area contributed by atoms with Crippen molar-refractivity contribution in [3.8, 4) is 5.75 Å². The molecule has 2 rings (SSSR count). The van der Waals surface area contributed by atoms with Gasteiger partial charge in [0.1, 0.15) is 5.75 Å². The molecular weight excluding hydrogens is 210 g/mol. The van der Waals surface area contributed by atoms with E-state index in [2.05, 4.69) is 31.7 Å². The molecule has 0 aliphatic heterocycles. The van der Waals surface area contributed by atoms with Crippen LogP contribution in [0.5, 0.6) is 5.75 Å². The lowest BCUT2D eigenvalue weighted by Gasteiger charge is -2.33. The Morgan fingerprint density at radius 1 is 1.41 bits per heavy atom. The van der Waals surface area contributed by atoms with Crippen LogP contribution in [-0.4, -0.2) is 22.6 Å². The van der Waals surface area contributed by atoms with Gasteiger partial charge in [-0.05, 0) is 56.0 Å². The number of rotatable bonds is 4. The van der Waals surface area contributed by atoms with Crippen LogP contribution in [0.2, 0.25) is 0 Å². The largest absolute Gasteiger partial charge is 0.508 e. The first-order valence-electron chi connectivity index (χ1n) is 6.74. The van der Waals surface area contributed by atoms with E-state index in [9.17, 15) is 5.11 Å². The number of benzene rings is 1. The maximum absolute atomic E-state index is 9.52. The van der Waals surface area contributed by atoms with Crippen molar-refractivity contribution in [2.24, 2.45) is 0 Å². The number of aromatic hydroxyl groups is 1. The SMILES string of the molecule is CCC(C)N(CC)C1CCc2cc(O)ccc21. The first kappa shape index (κ1) is 12.4. The fourth-order valence-corrected chi connectivity index (χ4v) is 3.00. The predicted octanol–water partition coefficient (Wildman–Crippen LogP) is 3.50. The first-order chi connectivity index (χ1) is 8.17. The van der Waals surface area contributed by atoms with Crippen molar-refractivity contribution in [1.29, 1.82) is 0 Å². The van der Waals surface area contributed by atoms with Crippen LogP contribution in [0.1, 0.15) is 50.8 Å². The van der Waals surface area contributed by atoms with Crippen LogP contribution >= 0.6 is 0 Å². The Morgan fingerprint density at radius 2 is 2.18 bits per heavy atom. The Kier molecular flexibility index (Phi) is 3.72. The smallest absolute Gasteiger partial charge is 0.115 e. The fraction of sp³-hybridized carbons (Fsp3) is 0.600. The van der Waals surface area contributed by atoms with Crippen molar-refractivity contribution in [3.05, 3.63) is 29.3 Å². The molecule has 0 saturated heterocycles. The summed E-state index contributed by atoms with van der Waals surface area (Å²) in [6.07, 6.45) is 3.48. The van der Waals surface area contributed by atoms with Crippen LogP contribution in [0.15, 0.2) is 18.2 Å². The zero-order chi connectivity index (χ0) is 12.4. The van der Waals surface area contributed by atoms with Crippen LogP contribution in [0.3, 0.4) is 0 Å². The number of hydrogen-bond acceptors (Lipinski definition) is 2. The van der Waals surface area contributed by atoms with Crippen LogP contribution in [0.4, 0.5) is 0 Å². The summed E-state index contributed by atoms with van der Waals surface area (Å²) in [7, 11) is 0. The summed E-state index contributed by atoms with van der Waals surface area (Å²) in [6, 6.07) is 7.03. The van der Waals surface area contributed by atoms with Gasteiger partial charge in [-0.15, -0.1) is 0 Å². The average molecular weight is 233 g/mol. The van der Waals surface area contributed by atoms with E-state index in [0.717, 1.165) is 13.0 Å². The number of fused-ring (bicyclic) bond motifs is 1. The Labute approximate surface area is 104 Å². The van der Waals surface area contributed by atoms with Crippen LogP contribution in [0, 0.1) is 0 Å². The maximum atomic E-state index is 9.52. The third kappa shape index (κ3) is 2.32. The average Bonchev–Trinajstić information content (AvgIpc) is 2.73. The van der Waals surface area contributed by atoms with Gasteiger partial charge in [0, 0.05) is 12.1 Å². The lowest BCUT2D eigenvalue weighted by atomic mass is 10.0. The van der Waals surface area contributed by atoms with E-state index >= 15 is 0 Å². The summed E-state index contributed by atoms with van der Waals surface area (Å²) in [5.41, 5.74) is 2.75. The van der Waals surface area contributed by atoms with Gasteiger partial charge in [0.2, 0.25) is 0 Å². The van der Waals surface area contributed by atoms with Gasteiger partial charge in [-0.25, -0.2) is 0 Å². The minimum atomic E-state index is 0.399. The minimum absolute atomic E-state index is 0.399. The molecule has 0 saturated carbocycles. The molecular formula is C15H23NO. The zero-order valence-electron chi connectivity index (χ0n) is 11.1. The molecule has 1 N–H and O–H groups in total.